The van der Waals surface area contributed by atoms with E-state index >= 15 is 0 Å². The number of hydrogen-bond donors (Lipinski definition) is 2. The largest absolute Gasteiger partial charge is 0.488 e. The Hall–Kier alpha value is -16.9. The monoisotopic (exact) mass is 1710 g/mol. The van der Waals surface area contributed by atoms with Gasteiger partial charge in [0.25, 0.3) is 0 Å². The van der Waals surface area contributed by atoms with Crippen molar-refractivity contribution in [1.82, 2.24) is 38.2 Å². The van der Waals surface area contributed by atoms with Gasteiger partial charge in [-0.1, -0.05) is 303 Å². The maximum atomic E-state index is 9.56. The topological polar surface area (TPSA) is 112 Å². The van der Waals surface area contributed by atoms with E-state index in [0.29, 0.717) is 11.3 Å². The van der Waals surface area contributed by atoms with Crippen LogP contribution in [0.3, 0.4) is 0 Å². The van der Waals surface area contributed by atoms with Crippen LogP contribution in [0.15, 0.2) is 461 Å². The first-order valence-corrected chi connectivity index (χ1v) is 44.7. The van der Waals surface area contributed by atoms with Gasteiger partial charge in [0, 0.05) is 93.3 Å². The summed E-state index contributed by atoms with van der Waals surface area (Å²) in [5.41, 5.74) is 30.3. The summed E-state index contributed by atoms with van der Waals surface area (Å²) in [5.74, 6) is 0.703. The molecule has 0 saturated heterocycles. The van der Waals surface area contributed by atoms with E-state index in [0.717, 1.165) is 94.7 Å². The minimum absolute atomic E-state index is 0.266. The fraction of sp³-hybridized carbons (Fsp3) is 0. The van der Waals surface area contributed by atoms with Crippen LogP contribution in [0.25, 0.3) is 232 Å². The molecule has 10 nitrogen and oxygen atoms in total. The first-order chi connectivity index (χ1) is 65.2. The van der Waals surface area contributed by atoms with Gasteiger partial charge >= 0.3 is 7.12 Å². The van der Waals surface area contributed by atoms with Crippen molar-refractivity contribution in [2.45, 2.75) is 0 Å². The molecule has 0 fully saturated rings. The number of rotatable bonds is 12. The molecule has 26 aromatic rings. The van der Waals surface area contributed by atoms with Crippen molar-refractivity contribution in [3.8, 4) is 101 Å². The summed E-state index contributed by atoms with van der Waals surface area (Å²) >= 11 is 6.13. The quantitative estimate of drug-likeness (QED) is 0.0931. The summed E-state index contributed by atoms with van der Waals surface area (Å²) in [4.78, 5) is 19.1. The number of aromatic nitrogens is 8. The minimum Gasteiger partial charge on any atom is -0.423 e. The van der Waals surface area contributed by atoms with Crippen LogP contribution in [-0.4, -0.2) is 55.4 Å². The number of nitrogens with zero attached hydrogens (tertiary/aromatic N) is 8. The van der Waals surface area contributed by atoms with Crippen molar-refractivity contribution in [2.75, 3.05) is 0 Å². The van der Waals surface area contributed by atoms with Gasteiger partial charge in [-0.2, -0.15) is 0 Å². The second kappa shape index (κ2) is 33.1. The zero-order chi connectivity index (χ0) is 87.9. The third-order valence-electron chi connectivity index (χ3n) is 25.9. The van der Waals surface area contributed by atoms with E-state index in [1.165, 1.54) is 131 Å². The van der Waals surface area contributed by atoms with E-state index in [9.17, 15) is 10.0 Å². The van der Waals surface area contributed by atoms with E-state index in [-0.39, 0.29) is 5.28 Å². The van der Waals surface area contributed by atoms with Crippen LogP contribution in [0.2, 0.25) is 5.28 Å². The zero-order valence-electron chi connectivity index (χ0n) is 71.3. The van der Waals surface area contributed by atoms with Gasteiger partial charge in [0.1, 0.15) is 0 Å². The van der Waals surface area contributed by atoms with E-state index < -0.39 is 7.12 Å². The summed E-state index contributed by atoms with van der Waals surface area (Å²) in [6.07, 6.45) is 0. The lowest BCUT2D eigenvalue weighted by Crippen LogP contribution is -2.29. The molecule has 0 aliphatic heterocycles. The van der Waals surface area contributed by atoms with Gasteiger partial charge in [-0.3, -0.25) is 0 Å². The second-order valence-electron chi connectivity index (χ2n) is 33.6. The predicted molar refractivity (Wildman–Crippen MR) is 551 cm³/mol. The molecule has 132 heavy (non-hydrogen) atoms. The summed E-state index contributed by atoms with van der Waals surface area (Å²) in [6.45, 7) is 0. The Morgan fingerprint density at radius 1 is 0.189 bits per heavy atom. The summed E-state index contributed by atoms with van der Waals surface area (Å²) < 4.78 is 9.32. The maximum Gasteiger partial charge on any atom is 0.488 e. The SMILES string of the molecule is Clc1nc(-c2ccc(-c3ccc4ccccc4c3)cc2)c2ccccc2n1.OB(O)c1ccc(-n2c3ccccc3c3cc(-c4ccc5c(c4)c4ccccc4n5-c4ccccc4)ccc32)cc1.c1ccc(-n2c3ccccc3c3cc(-c4ccc5c(c4)c4ccccc4n5-c4ccc(-c5nc(-c6ccc(-c7ccc8ccccc8c7)cc6)c6ccccc6n5)cc4)ccc32)cc1. The van der Waals surface area contributed by atoms with Crippen LogP contribution >= 0.6 is 11.6 Å². The molecule has 0 amide bonds. The molecule has 0 bridgehead atoms. The molecule has 0 atom stereocenters. The number of hydrogen-bond acceptors (Lipinski definition) is 6. The lowest BCUT2D eigenvalue weighted by molar-refractivity contribution is 0.426. The van der Waals surface area contributed by atoms with Crippen LogP contribution in [0.4, 0.5) is 0 Å². The van der Waals surface area contributed by atoms with Gasteiger partial charge in [0.05, 0.1) is 66.6 Å². The molecular weight excluding hydrogens is 1630 g/mol. The second-order valence-corrected chi connectivity index (χ2v) is 33.9. The summed E-state index contributed by atoms with van der Waals surface area (Å²) in [7, 11) is -1.48. The van der Waals surface area contributed by atoms with Crippen molar-refractivity contribution in [1.29, 1.82) is 0 Å². The van der Waals surface area contributed by atoms with Crippen LogP contribution in [0.5, 0.6) is 0 Å². The number of halogens is 1. The normalized spacial score (nSPS) is 11.6. The van der Waals surface area contributed by atoms with Gasteiger partial charge in [-0.25, -0.2) is 19.9 Å². The molecule has 12 heteroatoms. The molecule has 26 rings (SSSR count). The van der Waals surface area contributed by atoms with Crippen LogP contribution in [-0.2, 0) is 0 Å². The predicted octanol–water partition coefficient (Wildman–Crippen LogP) is 29.6. The average molecular weight is 1710 g/mol. The number of fused-ring (bicyclic) bond motifs is 16. The van der Waals surface area contributed by atoms with E-state index in [1.54, 1.807) is 12.1 Å². The van der Waals surface area contributed by atoms with Crippen LogP contribution in [0.1, 0.15) is 0 Å². The highest BCUT2D eigenvalue weighted by atomic mass is 35.5. The highest BCUT2D eigenvalue weighted by Crippen LogP contribution is 2.44. The average Bonchev–Trinajstić information content (AvgIpc) is 1.58. The first-order valence-electron chi connectivity index (χ1n) is 44.4. The molecule has 2 N–H and O–H groups in total. The zero-order valence-corrected chi connectivity index (χ0v) is 72.1. The molecule has 620 valence electrons. The molecule has 0 spiro atoms. The van der Waals surface area contributed by atoms with Crippen molar-refractivity contribution >= 4 is 155 Å². The smallest absolute Gasteiger partial charge is 0.423 e. The van der Waals surface area contributed by atoms with Gasteiger partial charge in [0.2, 0.25) is 5.28 Å². The number of benzene rings is 20. The molecule has 0 unspecified atom stereocenters. The van der Waals surface area contributed by atoms with E-state index in [1.807, 2.05) is 42.5 Å². The first kappa shape index (κ1) is 78.5. The van der Waals surface area contributed by atoms with Crippen molar-refractivity contribution < 1.29 is 10.0 Å². The lowest BCUT2D eigenvalue weighted by Gasteiger charge is -2.12. The van der Waals surface area contributed by atoms with E-state index in [4.69, 9.17) is 21.6 Å². The Bertz CT molecular complexity index is 9000. The highest BCUT2D eigenvalue weighted by Gasteiger charge is 2.23. The molecule has 6 heterocycles. The molecular formula is C120H78BClN8O2. The molecule has 20 aromatic carbocycles. The molecule has 0 aliphatic rings. The summed E-state index contributed by atoms with van der Waals surface area (Å²) in [6, 6.07) is 163. The Morgan fingerprint density at radius 2 is 0.462 bits per heavy atom. The Morgan fingerprint density at radius 3 is 0.848 bits per heavy atom. The molecule has 0 radical (unpaired) electrons. The van der Waals surface area contributed by atoms with Gasteiger partial charge < -0.3 is 28.3 Å². The van der Waals surface area contributed by atoms with Gasteiger partial charge in [-0.15, -0.1) is 0 Å². The third-order valence-corrected chi connectivity index (χ3v) is 26.0. The van der Waals surface area contributed by atoms with E-state index in [2.05, 4.69) is 435 Å². The van der Waals surface area contributed by atoms with Gasteiger partial charge in [-0.05, 0) is 241 Å². The maximum absolute atomic E-state index is 9.56. The van der Waals surface area contributed by atoms with Crippen molar-refractivity contribution in [3.63, 3.8) is 0 Å². The third kappa shape index (κ3) is 14.1. The Kier molecular flexibility index (Phi) is 19.7. The minimum atomic E-state index is -1.48. The lowest BCUT2D eigenvalue weighted by atomic mass is 9.80. The van der Waals surface area contributed by atoms with Crippen LogP contribution in [0, 0.1) is 0 Å². The van der Waals surface area contributed by atoms with Crippen LogP contribution < -0.4 is 5.46 Å². The fourth-order valence-electron chi connectivity index (χ4n) is 19.5. The highest BCUT2D eigenvalue weighted by molar-refractivity contribution is 6.58. The molecule has 6 aromatic heterocycles. The van der Waals surface area contributed by atoms with Gasteiger partial charge in [0.15, 0.2) is 5.82 Å². The van der Waals surface area contributed by atoms with Crippen molar-refractivity contribution in [3.05, 3.63) is 466 Å². The Balaban J connectivity index is 0.000000120. The fourth-order valence-corrected chi connectivity index (χ4v) is 19.7. The van der Waals surface area contributed by atoms with Crippen molar-refractivity contribution in [2.24, 2.45) is 0 Å². The Labute approximate surface area is 765 Å². The standard InChI is InChI=1S/C60H38N4.C36H25BN2O2.C24H15ClN2/c1-2-14-47(15-3-1)63-55-20-10-7-16-49(55)52-37-45(30-34-57(52)63)46-31-35-58-53(38-46)50-17-8-11-21-56(50)64(58)48-32-28-42(29-33-48)60-61-54-19-9-6-18-51(54)59(62-60)41-25-22-40(23-26-41)44-27-24-39-12-4-5-13-43(39)36-44;40-37(41)26-16-18-28(19-17-26)39-34-13-7-5-11-30(34)32-23-25(15-21-36(32)39)24-14-20-35-31(22-24)29-10-4-6-12-33(29)38(35)27-8-2-1-3-9-27;25-24-26-22-8-4-3-7-21(22)23(27-24)18-12-9-17(10-13-18)20-14-11-16-5-1-2-6-19(16)15-20/h1-38H;1-23,40-41H;1-15H. The summed E-state index contributed by atoms with van der Waals surface area (Å²) in [5, 5.41) is 36.2. The molecule has 0 aliphatic carbocycles. The number of para-hydroxylation sites is 8. The molecule has 0 saturated carbocycles.